The predicted molar refractivity (Wildman–Crippen MR) is 58.2 cm³/mol. The molecule has 0 unspecified atom stereocenters. The van der Waals surface area contributed by atoms with Crippen molar-refractivity contribution < 1.29 is 9.59 Å². The minimum Gasteiger partial charge on any atom is -0.302 e. The van der Waals surface area contributed by atoms with E-state index in [1.54, 1.807) is 13.8 Å². The van der Waals surface area contributed by atoms with Crippen LogP contribution in [0.25, 0.3) is 0 Å². The third-order valence-electron chi connectivity index (χ3n) is 2.52. The summed E-state index contributed by atoms with van der Waals surface area (Å²) < 4.78 is 0. The number of hydrogen-bond donors (Lipinski definition) is 0. The summed E-state index contributed by atoms with van der Waals surface area (Å²) in [5, 5.41) is 0. The second-order valence-corrected chi connectivity index (χ2v) is 4.43. The van der Waals surface area contributed by atoms with Crippen molar-refractivity contribution in [2.45, 2.75) is 59.3 Å². The maximum atomic E-state index is 11.5. The number of aldehydes is 1. The first-order valence-electron chi connectivity index (χ1n) is 5.54. The average molecular weight is 198 g/mol. The van der Waals surface area contributed by atoms with Crippen molar-refractivity contribution >= 4 is 12.1 Å². The summed E-state index contributed by atoms with van der Waals surface area (Å²) in [5.74, 6) is 0.0731. The van der Waals surface area contributed by atoms with E-state index in [1.165, 1.54) is 19.3 Å². The number of unbranched alkanes of at least 4 members (excludes halogenated alkanes) is 4. The smallest absolute Gasteiger partial charge is 0.145 e. The van der Waals surface area contributed by atoms with Crippen molar-refractivity contribution in [3.63, 3.8) is 0 Å². The Morgan fingerprint density at radius 1 is 1.14 bits per heavy atom. The van der Waals surface area contributed by atoms with Gasteiger partial charge in [-0.05, 0) is 20.3 Å². The highest BCUT2D eigenvalue weighted by Gasteiger charge is 2.25. The second-order valence-electron chi connectivity index (χ2n) is 4.43. The van der Waals surface area contributed by atoms with E-state index < -0.39 is 5.41 Å². The highest BCUT2D eigenvalue weighted by Crippen LogP contribution is 2.17. The molecular formula is C12H22O2. The third kappa shape index (κ3) is 5.15. The number of ketones is 1. The van der Waals surface area contributed by atoms with E-state index in [2.05, 4.69) is 6.92 Å². The summed E-state index contributed by atoms with van der Waals surface area (Å²) in [4.78, 5) is 22.1. The van der Waals surface area contributed by atoms with Crippen molar-refractivity contribution in [3.05, 3.63) is 0 Å². The van der Waals surface area contributed by atoms with Gasteiger partial charge in [-0.2, -0.15) is 0 Å². The van der Waals surface area contributed by atoms with E-state index >= 15 is 0 Å². The molecule has 14 heavy (non-hydrogen) atoms. The molecule has 0 aromatic rings. The van der Waals surface area contributed by atoms with Crippen LogP contribution in [-0.4, -0.2) is 12.1 Å². The van der Waals surface area contributed by atoms with E-state index in [0.29, 0.717) is 6.42 Å². The highest BCUT2D eigenvalue weighted by atomic mass is 16.1. The molecule has 0 saturated heterocycles. The van der Waals surface area contributed by atoms with E-state index in [0.717, 1.165) is 19.1 Å². The second kappa shape index (κ2) is 6.74. The molecule has 0 radical (unpaired) electrons. The summed E-state index contributed by atoms with van der Waals surface area (Å²) >= 11 is 0. The van der Waals surface area contributed by atoms with E-state index in [4.69, 9.17) is 0 Å². The lowest BCUT2D eigenvalue weighted by Gasteiger charge is -2.14. The molecule has 82 valence electrons. The number of carbonyl (C=O) groups is 2. The minimum absolute atomic E-state index is 0.0731. The van der Waals surface area contributed by atoms with Crippen LogP contribution in [0.15, 0.2) is 0 Å². The number of rotatable bonds is 8. The molecule has 0 bridgehead atoms. The van der Waals surface area contributed by atoms with Gasteiger partial charge in [-0.25, -0.2) is 0 Å². The quantitative estimate of drug-likeness (QED) is 0.341. The maximum Gasteiger partial charge on any atom is 0.145 e. The van der Waals surface area contributed by atoms with Crippen LogP contribution < -0.4 is 0 Å². The summed E-state index contributed by atoms with van der Waals surface area (Å²) in [6.45, 7) is 5.55. The molecule has 0 N–H and O–H groups in total. The van der Waals surface area contributed by atoms with Gasteiger partial charge in [0.25, 0.3) is 0 Å². The van der Waals surface area contributed by atoms with Gasteiger partial charge in [0.05, 0.1) is 5.41 Å². The normalized spacial score (nSPS) is 11.4. The zero-order chi connectivity index (χ0) is 11.0. The zero-order valence-electron chi connectivity index (χ0n) is 9.64. The standard InChI is InChI=1S/C12H22O2/c1-4-5-6-7-8-9-11(14)12(2,3)10-13/h10H,4-9H2,1-3H3. The van der Waals surface area contributed by atoms with Gasteiger partial charge < -0.3 is 4.79 Å². The molecule has 0 aromatic heterocycles. The van der Waals surface area contributed by atoms with Crippen LogP contribution in [0.3, 0.4) is 0 Å². The maximum absolute atomic E-state index is 11.5. The van der Waals surface area contributed by atoms with Crippen LogP contribution in [0, 0.1) is 5.41 Å². The van der Waals surface area contributed by atoms with Crippen LogP contribution in [0.5, 0.6) is 0 Å². The number of hydrogen-bond acceptors (Lipinski definition) is 2. The van der Waals surface area contributed by atoms with Gasteiger partial charge in [0.1, 0.15) is 12.1 Å². The Morgan fingerprint density at radius 3 is 2.21 bits per heavy atom. The lowest BCUT2D eigenvalue weighted by molar-refractivity contribution is -0.132. The summed E-state index contributed by atoms with van der Waals surface area (Å²) in [7, 11) is 0. The lowest BCUT2D eigenvalue weighted by Crippen LogP contribution is -2.25. The Morgan fingerprint density at radius 2 is 1.71 bits per heavy atom. The summed E-state index contributed by atoms with van der Waals surface area (Å²) in [5.41, 5.74) is -0.773. The van der Waals surface area contributed by atoms with Gasteiger partial charge >= 0.3 is 0 Å². The fourth-order valence-corrected chi connectivity index (χ4v) is 1.28. The van der Waals surface area contributed by atoms with Crippen molar-refractivity contribution in [2.75, 3.05) is 0 Å². The number of carbonyl (C=O) groups excluding carboxylic acids is 2. The average Bonchev–Trinajstić information content (AvgIpc) is 2.17. The lowest BCUT2D eigenvalue weighted by atomic mass is 9.87. The molecule has 0 amide bonds. The topological polar surface area (TPSA) is 34.1 Å². The van der Waals surface area contributed by atoms with Crippen LogP contribution in [-0.2, 0) is 9.59 Å². The molecular weight excluding hydrogens is 176 g/mol. The Hall–Kier alpha value is -0.660. The van der Waals surface area contributed by atoms with Gasteiger partial charge in [0.2, 0.25) is 0 Å². The Labute approximate surface area is 87.1 Å². The zero-order valence-corrected chi connectivity index (χ0v) is 9.64. The molecule has 0 fully saturated rings. The van der Waals surface area contributed by atoms with Crippen LogP contribution in [0.2, 0.25) is 0 Å². The molecule has 0 atom stereocenters. The van der Waals surface area contributed by atoms with Crippen LogP contribution >= 0.6 is 0 Å². The molecule has 0 aromatic carbocycles. The van der Waals surface area contributed by atoms with Crippen LogP contribution in [0.4, 0.5) is 0 Å². The highest BCUT2D eigenvalue weighted by molar-refractivity contribution is 5.97. The first-order valence-corrected chi connectivity index (χ1v) is 5.54. The molecule has 2 nitrogen and oxygen atoms in total. The summed E-state index contributed by atoms with van der Waals surface area (Å²) in [6, 6.07) is 0. The van der Waals surface area contributed by atoms with Crippen molar-refractivity contribution in [2.24, 2.45) is 5.41 Å². The van der Waals surface area contributed by atoms with E-state index in [-0.39, 0.29) is 5.78 Å². The minimum atomic E-state index is -0.773. The Kier molecular flexibility index (Phi) is 6.43. The largest absolute Gasteiger partial charge is 0.302 e. The van der Waals surface area contributed by atoms with Gasteiger partial charge in [0, 0.05) is 6.42 Å². The fourth-order valence-electron chi connectivity index (χ4n) is 1.28. The van der Waals surface area contributed by atoms with Crippen molar-refractivity contribution in [3.8, 4) is 0 Å². The molecule has 0 aliphatic heterocycles. The van der Waals surface area contributed by atoms with Crippen LogP contribution in [0.1, 0.15) is 59.3 Å². The Balaban J connectivity index is 3.59. The fraction of sp³-hybridized carbons (Fsp3) is 0.833. The molecule has 0 spiro atoms. The monoisotopic (exact) mass is 198 g/mol. The molecule has 0 aliphatic rings. The van der Waals surface area contributed by atoms with Gasteiger partial charge in [-0.1, -0.05) is 32.6 Å². The van der Waals surface area contributed by atoms with Gasteiger partial charge in [-0.15, -0.1) is 0 Å². The van der Waals surface area contributed by atoms with Gasteiger partial charge in [-0.3, -0.25) is 4.79 Å². The van der Waals surface area contributed by atoms with Gasteiger partial charge in [0.15, 0.2) is 0 Å². The van der Waals surface area contributed by atoms with Crippen molar-refractivity contribution in [1.82, 2.24) is 0 Å². The first kappa shape index (κ1) is 13.3. The molecule has 0 rings (SSSR count). The van der Waals surface area contributed by atoms with E-state index in [9.17, 15) is 9.59 Å². The molecule has 0 saturated carbocycles. The number of Topliss-reactive ketones (excluding diaryl/α,β-unsaturated/α-hetero) is 1. The SMILES string of the molecule is CCCCCCCC(=O)C(C)(C)C=O. The molecule has 2 heteroatoms. The molecule has 0 heterocycles. The molecule has 0 aliphatic carbocycles. The third-order valence-corrected chi connectivity index (χ3v) is 2.52. The summed E-state index contributed by atoms with van der Waals surface area (Å²) in [6.07, 6.45) is 6.99. The predicted octanol–water partition coefficient (Wildman–Crippen LogP) is 3.14. The van der Waals surface area contributed by atoms with E-state index in [1.807, 2.05) is 0 Å². The first-order chi connectivity index (χ1) is 6.54. The Bertz CT molecular complexity index is 183. The van der Waals surface area contributed by atoms with Crippen molar-refractivity contribution in [1.29, 1.82) is 0 Å².